The van der Waals surface area contributed by atoms with E-state index in [-0.39, 0.29) is 11.9 Å². The van der Waals surface area contributed by atoms with Crippen LogP contribution in [0.15, 0.2) is 0 Å². The molecule has 16 heavy (non-hydrogen) atoms. The van der Waals surface area contributed by atoms with Crippen LogP contribution in [0.1, 0.15) is 47.0 Å². The second-order valence-corrected chi connectivity index (χ2v) is 5.38. The number of nitrogens with one attached hydrogen (secondary N) is 2. The Balaban J connectivity index is 2.26. The predicted octanol–water partition coefficient (Wildman–Crippen LogP) is 1.93. The number of rotatable bonds is 7. The Hall–Kier alpha value is -0.570. The van der Waals surface area contributed by atoms with Gasteiger partial charge in [-0.15, -0.1) is 0 Å². The van der Waals surface area contributed by atoms with E-state index in [0.29, 0.717) is 12.0 Å². The molecule has 3 nitrogen and oxygen atoms in total. The maximum atomic E-state index is 11.8. The minimum atomic E-state index is -0.0655. The fourth-order valence-electron chi connectivity index (χ4n) is 1.94. The van der Waals surface area contributed by atoms with Crippen molar-refractivity contribution in [3.63, 3.8) is 0 Å². The van der Waals surface area contributed by atoms with Crippen LogP contribution in [0, 0.1) is 11.8 Å². The lowest BCUT2D eigenvalue weighted by atomic mass is 10.1. The van der Waals surface area contributed by atoms with E-state index in [1.165, 1.54) is 12.8 Å². The summed E-state index contributed by atoms with van der Waals surface area (Å²) in [6.45, 7) is 9.13. The zero-order chi connectivity index (χ0) is 12.1. The summed E-state index contributed by atoms with van der Waals surface area (Å²) in [5, 5.41) is 6.41. The molecule has 0 bridgehead atoms. The van der Waals surface area contributed by atoms with Gasteiger partial charge in [0.1, 0.15) is 0 Å². The molecule has 1 rings (SSSR count). The lowest BCUT2D eigenvalue weighted by Crippen LogP contribution is -2.47. The van der Waals surface area contributed by atoms with Gasteiger partial charge in [-0.05, 0) is 38.0 Å². The van der Waals surface area contributed by atoms with Gasteiger partial charge in [0.2, 0.25) is 5.91 Å². The molecule has 0 spiro atoms. The summed E-state index contributed by atoms with van der Waals surface area (Å²) >= 11 is 0. The zero-order valence-electron chi connectivity index (χ0n) is 11.0. The molecule has 1 aliphatic rings. The molecule has 0 radical (unpaired) electrons. The molecule has 2 unspecified atom stereocenters. The maximum Gasteiger partial charge on any atom is 0.236 e. The third-order valence-corrected chi connectivity index (χ3v) is 3.17. The van der Waals surface area contributed by atoms with E-state index in [1.807, 2.05) is 6.92 Å². The van der Waals surface area contributed by atoms with Gasteiger partial charge in [-0.2, -0.15) is 0 Å². The molecule has 3 heteroatoms. The smallest absolute Gasteiger partial charge is 0.236 e. The predicted molar refractivity (Wildman–Crippen MR) is 67.2 cm³/mol. The molecular formula is C13H26N2O. The van der Waals surface area contributed by atoms with Crippen LogP contribution in [0.3, 0.4) is 0 Å². The highest BCUT2D eigenvalue weighted by Gasteiger charge is 2.31. The van der Waals surface area contributed by atoms with Crippen LogP contribution in [-0.2, 0) is 4.79 Å². The van der Waals surface area contributed by atoms with Crippen LogP contribution in [0.4, 0.5) is 0 Å². The second-order valence-electron chi connectivity index (χ2n) is 5.38. The second kappa shape index (κ2) is 6.24. The van der Waals surface area contributed by atoms with Crippen molar-refractivity contribution in [3.05, 3.63) is 0 Å². The fraction of sp³-hybridized carbons (Fsp3) is 0.923. The van der Waals surface area contributed by atoms with Crippen molar-refractivity contribution >= 4 is 5.91 Å². The fourth-order valence-corrected chi connectivity index (χ4v) is 1.94. The SMILES string of the molecule is CCC(NC(C)C(=O)NCC(C)C)C1CC1. The standard InChI is InChI=1S/C13H26N2O/c1-5-12(11-6-7-11)15-10(4)13(16)14-8-9(2)3/h9-12,15H,5-8H2,1-4H3,(H,14,16). The zero-order valence-corrected chi connectivity index (χ0v) is 11.0. The first-order valence-corrected chi connectivity index (χ1v) is 6.58. The highest BCUT2D eigenvalue weighted by molar-refractivity contribution is 5.81. The number of carbonyl (C=O) groups excluding carboxylic acids is 1. The first kappa shape index (κ1) is 13.5. The van der Waals surface area contributed by atoms with Crippen LogP contribution < -0.4 is 10.6 Å². The van der Waals surface area contributed by atoms with E-state index >= 15 is 0 Å². The Labute approximate surface area is 99.4 Å². The number of hydrogen-bond donors (Lipinski definition) is 2. The lowest BCUT2D eigenvalue weighted by Gasteiger charge is -2.22. The van der Waals surface area contributed by atoms with Crippen molar-refractivity contribution < 1.29 is 4.79 Å². The van der Waals surface area contributed by atoms with Gasteiger partial charge >= 0.3 is 0 Å². The van der Waals surface area contributed by atoms with Gasteiger partial charge in [-0.3, -0.25) is 4.79 Å². The van der Waals surface area contributed by atoms with Crippen molar-refractivity contribution in [3.8, 4) is 0 Å². The number of carbonyl (C=O) groups is 1. The summed E-state index contributed by atoms with van der Waals surface area (Å²) in [6, 6.07) is 0.462. The summed E-state index contributed by atoms with van der Waals surface area (Å²) in [6.07, 6.45) is 3.77. The summed E-state index contributed by atoms with van der Waals surface area (Å²) in [7, 11) is 0. The quantitative estimate of drug-likeness (QED) is 0.696. The maximum absolute atomic E-state index is 11.8. The van der Waals surface area contributed by atoms with E-state index in [0.717, 1.165) is 18.9 Å². The van der Waals surface area contributed by atoms with Gasteiger partial charge in [0.05, 0.1) is 6.04 Å². The van der Waals surface area contributed by atoms with Crippen LogP contribution in [-0.4, -0.2) is 24.5 Å². The lowest BCUT2D eigenvalue weighted by molar-refractivity contribution is -0.123. The van der Waals surface area contributed by atoms with E-state index in [4.69, 9.17) is 0 Å². The highest BCUT2D eigenvalue weighted by atomic mass is 16.2. The monoisotopic (exact) mass is 226 g/mol. The number of amides is 1. The topological polar surface area (TPSA) is 41.1 Å². The third kappa shape index (κ3) is 4.52. The summed E-state index contributed by atoms with van der Waals surface area (Å²) in [5.74, 6) is 1.46. The van der Waals surface area contributed by atoms with Crippen molar-refractivity contribution in [2.24, 2.45) is 11.8 Å². The molecule has 0 aromatic carbocycles. The average Bonchev–Trinajstić information content (AvgIpc) is 3.05. The molecule has 0 aliphatic heterocycles. The molecule has 0 aromatic rings. The summed E-state index contributed by atoms with van der Waals surface area (Å²) in [5.41, 5.74) is 0. The molecule has 1 saturated carbocycles. The van der Waals surface area contributed by atoms with Crippen molar-refractivity contribution in [2.45, 2.75) is 59.0 Å². The molecule has 0 heterocycles. The van der Waals surface area contributed by atoms with Crippen LogP contribution >= 0.6 is 0 Å². The first-order chi connectivity index (χ1) is 7.54. The number of hydrogen-bond acceptors (Lipinski definition) is 2. The van der Waals surface area contributed by atoms with Gasteiger partial charge in [-0.25, -0.2) is 0 Å². The summed E-state index contributed by atoms with van der Waals surface area (Å²) < 4.78 is 0. The van der Waals surface area contributed by atoms with Gasteiger partial charge < -0.3 is 10.6 Å². The molecule has 2 N–H and O–H groups in total. The van der Waals surface area contributed by atoms with E-state index in [1.54, 1.807) is 0 Å². The van der Waals surface area contributed by atoms with Crippen molar-refractivity contribution in [1.82, 2.24) is 10.6 Å². The third-order valence-electron chi connectivity index (χ3n) is 3.17. The molecular weight excluding hydrogens is 200 g/mol. The molecule has 0 aromatic heterocycles. The molecule has 94 valence electrons. The Kier molecular flexibility index (Phi) is 5.26. The van der Waals surface area contributed by atoms with E-state index in [2.05, 4.69) is 31.4 Å². The van der Waals surface area contributed by atoms with E-state index < -0.39 is 0 Å². The Morgan fingerprint density at radius 3 is 2.38 bits per heavy atom. The van der Waals surface area contributed by atoms with Gasteiger partial charge in [0.25, 0.3) is 0 Å². The molecule has 1 amide bonds. The molecule has 2 atom stereocenters. The van der Waals surface area contributed by atoms with Crippen molar-refractivity contribution in [2.75, 3.05) is 6.54 Å². The largest absolute Gasteiger partial charge is 0.354 e. The minimum absolute atomic E-state index is 0.0655. The van der Waals surface area contributed by atoms with Crippen LogP contribution in [0.25, 0.3) is 0 Å². The highest BCUT2D eigenvalue weighted by Crippen LogP contribution is 2.34. The van der Waals surface area contributed by atoms with Crippen LogP contribution in [0.2, 0.25) is 0 Å². The Morgan fingerprint density at radius 1 is 1.31 bits per heavy atom. The first-order valence-electron chi connectivity index (χ1n) is 6.58. The Morgan fingerprint density at radius 2 is 1.94 bits per heavy atom. The minimum Gasteiger partial charge on any atom is -0.354 e. The van der Waals surface area contributed by atoms with Crippen molar-refractivity contribution in [1.29, 1.82) is 0 Å². The van der Waals surface area contributed by atoms with Gasteiger partial charge in [-0.1, -0.05) is 20.8 Å². The molecule has 1 fully saturated rings. The molecule has 1 aliphatic carbocycles. The summed E-state index contributed by atoms with van der Waals surface area (Å²) in [4.78, 5) is 11.8. The molecule has 0 saturated heterocycles. The normalized spacial score (nSPS) is 19.6. The van der Waals surface area contributed by atoms with Crippen LogP contribution in [0.5, 0.6) is 0 Å². The van der Waals surface area contributed by atoms with Gasteiger partial charge in [0.15, 0.2) is 0 Å². The van der Waals surface area contributed by atoms with Gasteiger partial charge in [0, 0.05) is 12.6 Å². The Bertz CT molecular complexity index is 224. The average molecular weight is 226 g/mol. The van der Waals surface area contributed by atoms with E-state index in [9.17, 15) is 4.79 Å².